The summed E-state index contributed by atoms with van der Waals surface area (Å²) in [4.78, 5) is 0. The van der Waals surface area contributed by atoms with Gasteiger partial charge in [-0.1, -0.05) is 13.8 Å². The molecular weight excluding hydrogens is 222 g/mol. The van der Waals surface area contributed by atoms with Crippen molar-refractivity contribution in [1.29, 1.82) is 0 Å². The summed E-state index contributed by atoms with van der Waals surface area (Å²) in [6, 6.07) is 2.60. The standard InChI is InChI=1S/C15H25N3/c1-5-9-10-11-14(16-7-3)15-12-13(6-2)17-18(15)8-4/h12,14,16H,6-8,10-11H2,1-4H3. The highest BCUT2D eigenvalue weighted by molar-refractivity contribution is 5.15. The summed E-state index contributed by atoms with van der Waals surface area (Å²) in [5, 5.41) is 8.16. The molecule has 1 aromatic heterocycles. The maximum absolute atomic E-state index is 4.62. The van der Waals surface area contributed by atoms with Crippen LogP contribution in [0.1, 0.15) is 58.0 Å². The second-order valence-electron chi connectivity index (χ2n) is 4.31. The average molecular weight is 247 g/mol. The van der Waals surface area contributed by atoms with E-state index in [0.29, 0.717) is 6.04 Å². The Balaban J connectivity index is 2.87. The molecule has 1 unspecified atom stereocenters. The lowest BCUT2D eigenvalue weighted by Gasteiger charge is -2.17. The second-order valence-corrected chi connectivity index (χ2v) is 4.31. The van der Waals surface area contributed by atoms with Gasteiger partial charge in [0.2, 0.25) is 0 Å². The summed E-state index contributed by atoms with van der Waals surface area (Å²) in [7, 11) is 0. The monoisotopic (exact) mass is 247 g/mol. The van der Waals surface area contributed by atoms with E-state index >= 15 is 0 Å². The summed E-state index contributed by atoms with van der Waals surface area (Å²) in [5.74, 6) is 6.11. The van der Waals surface area contributed by atoms with Gasteiger partial charge in [-0.2, -0.15) is 5.10 Å². The van der Waals surface area contributed by atoms with Gasteiger partial charge in [0, 0.05) is 13.0 Å². The third-order valence-corrected chi connectivity index (χ3v) is 3.07. The van der Waals surface area contributed by atoms with Crippen molar-refractivity contribution < 1.29 is 0 Å². The SMILES string of the molecule is CC#CCCC(NCC)c1cc(CC)nn1CC. The molecule has 3 heteroatoms. The Labute approximate surface area is 111 Å². The highest BCUT2D eigenvalue weighted by Gasteiger charge is 2.15. The van der Waals surface area contributed by atoms with Crippen molar-refractivity contribution in [1.82, 2.24) is 15.1 Å². The summed E-state index contributed by atoms with van der Waals surface area (Å²) >= 11 is 0. The molecule has 0 saturated heterocycles. The molecule has 18 heavy (non-hydrogen) atoms. The minimum absolute atomic E-state index is 0.364. The zero-order chi connectivity index (χ0) is 13.4. The third-order valence-electron chi connectivity index (χ3n) is 3.07. The molecule has 0 amide bonds. The zero-order valence-electron chi connectivity index (χ0n) is 12.1. The lowest BCUT2D eigenvalue weighted by atomic mass is 10.1. The lowest BCUT2D eigenvalue weighted by molar-refractivity contribution is 0.471. The van der Waals surface area contributed by atoms with Gasteiger partial charge in [-0.05, 0) is 39.3 Å². The van der Waals surface area contributed by atoms with Crippen LogP contribution in [0.3, 0.4) is 0 Å². The zero-order valence-corrected chi connectivity index (χ0v) is 12.1. The Hall–Kier alpha value is -1.27. The maximum Gasteiger partial charge on any atom is 0.0625 e. The number of nitrogens with one attached hydrogen (secondary N) is 1. The van der Waals surface area contributed by atoms with Crippen molar-refractivity contribution in [2.45, 2.75) is 59.5 Å². The van der Waals surface area contributed by atoms with Gasteiger partial charge in [0.15, 0.2) is 0 Å². The van der Waals surface area contributed by atoms with Gasteiger partial charge < -0.3 is 5.32 Å². The van der Waals surface area contributed by atoms with Crippen LogP contribution < -0.4 is 5.32 Å². The molecule has 0 bridgehead atoms. The number of hydrogen-bond acceptors (Lipinski definition) is 2. The minimum atomic E-state index is 0.364. The van der Waals surface area contributed by atoms with Crippen LogP contribution >= 0.6 is 0 Å². The number of rotatable bonds is 7. The molecule has 1 rings (SSSR count). The van der Waals surface area contributed by atoms with Gasteiger partial charge in [-0.25, -0.2) is 0 Å². The van der Waals surface area contributed by atoms with Crippen LogP contribution in [-0.4, -0.2) is 16.3 Å². The predicted octanol–water partition coefficient (Wildman–Crippen LogP) is 2.92. The van der Waals surface area contributed by atoms with E-state index in [0.717, 1.165) is 32.4 Å². The van der Waals surface area contributed by atoms with E-state index in [1.165, 1.54) is 11.4 Å². The fourth-order valence-electron chi connectivity index (χ4n) is 2.14. The normalized spacial score (nSPS) is 12.0. The fraction of sp³-hybridized carbons (Fsp3) is 0.667. The largest absolute Gasteiger partial charge is 0.309 e. The average Bonchev–Trinajstić information content (AvgIpc) is 2.81. The summed E-state index contributed by atoms with van der Waals surface area (Å²) in [6.07, 6.45) is 2.97. The van der Waals surface area contributed by atoms with E-state index in [4.69, 9.17) is 0 Å². The molecule has 0 aliphatic heterocycles. The van der Waals surface area contributed by atoms with Crippen LogP contribution in [0, 0.1) is 11.8 Å². The van der Waals surface area contributed by atoms with E-state index in [-0.39, 0.29) is 0 Å². The molecule has 100 valence electrons. The second kappa shape index (κ2) is 7.94. The van der Waals surface area contributed by atoms with Crippen molar-refractivity contribution in [3.8, 4) is 11.8 Å². The summed E-state index contributed by atoms with van der Waals surface area (Å²) in [5.41, 5.74) is 2.48. The Morgan fingerprint density at radius 1 is 1.39 bits per heavy atom. The Kier molecular flexibility index (Phi) is 6.53. The molecule has 1 atom stereocenters. The van der Waals surface area contributed by atoms with Gasteiger partial charge in [0.25, 0.3) is 0 Å². The van der Waals surface area contributed by atoms with Crippen LogP contribution in [0.4, 0.5) is 0 Å². The molecule has 0 fully saturated rings. The number of nitrogens with zero attached hydrogens (tertiary/aromatic N) is 2. The van der Waals surface area contributed by atoms with Gasteiger partial charge in [0.1, 0.15) is 0 Å². The van der Waals surface area contributed by atoms with Crippen molar-refractivity contribution in [3.63, 3.8) is 0 Å². The van der Waals surface area contributed by atoms with Crippen molar-refractivity contribution in [2.24, 2.45) is 0 Å². The minimum Gasteiger partial charge on any atom is -0.309 e. The first kappa shape index (κ1) is 14.8. The van der Waals surface area contributed by atoms with Gasteiger partial charge in [0.05, 0.1) is 17.4 Å². The van der Waals surface area contributed by atoms with Crippen LogP contribution in [0.15, 0.2) is 6.07 Å². The van der Waals surface area contributed by atoms with E-state index < -0.39 is 0 Å². The molecule has 1 aromatic rings. The first-order chi connectivity index (χ1) is 8.76. The number of aromatic nitrogens is 2. The Bertz CT molecular complexity index is 409. The molecule has 1 N–H and O–H groups in total. The van der Waals surface area contributed by atoms with E-state index in [9.17, 15) is 0 Å². The Morgan fingerprint density at radius 3 is 2.72 bits per heavy atom. The lowest BCUT2D eigenvalue weighted by Crippen LogP contribution is -2.23. The quantitative estimate of drug-likeness (QED) is 0.751. The van der Waals surface area contributed by atoms with Gasteiger partial charge in [-0.3, -0.25) is 4.68 Å². The van der Waals surface area contributed by atoms with Crippen LogP contribution in [-0.2, 0) is 13.0 Å². The van der Waals surface area contributed by atoms with Crippen molar-refractivity contribution in [3.05, 3.63) is 17.5 Å². The van der Waals surface area contributed by atoms with Gasteiger partial charge >= 0.3 is 0 Å². The molecule has 0 spiro atoms. The molecule has 0 radical (unpaired) electrons. The van der Waals surface area contributed by atoms with Crippen LogP contribution in [0.25, 0.3) is 0 Å². The number of aryl methyl sites for hydroxylation is 2. The molecule has 0 aromatic carbocycles. The summed E-state index contributed by atoms with van der Waals surface area (Å²) < 4.78 is 2.12. The molecule has 0 aliphatic rings. The molecule has 0 saturated carbocycles. The predicted molar refractivity (Wildman–Crippen MR) is 76.4 cm³/mol. The van der Waals surface area contributed by atoms with Gasteiger partial charge in [-0.15, -0.1) is 11.8 Å². The fourth-order valence-corrected chi connectivity index (χ4v) is 2.14. The van der Waals surface area contributed by atoms with E-state index in [1.807, 2.05) is 6.92 Å². The molecule has 0 aliphatic carbocycles. The highest BCUT2D eigenvalue weighted by atomic mass is 15.3. The van der Waals surface area contributed by atoms with E-state index in [1.54, 1.807) is 0 Å². The Morgan fingerprint density at radius 2 is 2.17 bits per heavy atom. The first-order valence-electron chi connectivity index (χ1n) is 6.96. The third kappa shape index (κ3) is 3.89. The topological polar surface area (TPSA) is 29.9 Å². The number of hydrogen-bond donors (Lipinski definition) is 1. The van der Waals surface area contributed by atoms with Crippen molar-refractivity contribution in [2.75, 3.05) is 6.54 Å². The van der Waals surface area contributed by atoms with Crippen LogP contribution in [0.5, 0.6) is 0 Å². The highest BCUT2D eigenvalue weighted by Crippen LogP contribution is 2.20. The maximum atomic E-state index is 4.62. The smallest absolute Gasteiger partial charge is 0.0625 e. The molecule has 1 heterocycles. The molecule has 3 nitrogen and oxygen atoms in total. The van der Waals surface area contributed by atoms with E-state index in [2.05, 4.69) is 53.8 Å². The van der Waals surface area contributed by atoms with Crippen molar-refractivity contribution >= 4 is 0 Å². The first-order valence-corrected chi connectivity index (χ1v) is 6.96. The molecular formula is C15H25N3. The summed E-state index contributed by atoms with van der Waals surface area (Å²) in [6.45, 7) is 10.2. The van der Waals surface area contributed by atoms with Crippen LogP contribution in [0.2, 0.25) is 0 Å².